The van der Waals surface area contributed by atoms with Crippen molar-refractivity contribution < 1.29 is 14.6 Å². The van der Waals surface area contributed by atoms with E-state index in [1.165, 1.54) is 38.5 Å². The van der Waals surface area contributed by atoms with Crippen molar-refractivity contribution in [2.75, 3.05) is 13.7 Å². The second-order valence-electron chi connectivity index (χ2n) is 7.05. The Balaban J connectivity index is 0.000000160. The zero-order valence-electron chi connectivity index (χ0n) is 13.4. The summed E-state index contributed by atoms with van der Waals surface area (Å²) in [7, 11) is 1.79. The average Bonchev–Trinajstić information content (AvgIpc) is 3.21. The van der Waals surface area contributed by atoms with Crippen molar-refractivity contribution in [3.63, 3.8) is 0 Å². The van der Waals surface area contributed by atoms with Crippen LogP contribution in [0.25, 0.3) is 0 Å². The minimum absolute atomic E-state index is 0.00347. The summed E-state index contributed by atoms with van der Waals surface area (Å²) in [5.74, 6) is 2.11. The van der Waals surface area contributed by atoms with Gasteiger partial charge in [-0.15, -0.1) is 0 Å². The van der Waals surface area contributed by atoms with Gasteiger partial charge in [-0.3, -0.25) is 0 Å². The molecule has 0 amide bonds. The van der Waals surface area contributed by atoms with E-state index < -0.39 is 0 Å². The molecule has 3 fully saturated rings. The molecule has 3 aliphatic rings. The van der Waals surface area contributed by atoms with Crippen molar-refractivity contribution in [3.8, 4) is 0 Å². The van der Waals surface area contributed by atoms with Gasteiger partial charge in [0.2, 0.25) is 0 Å². The lowest BCUT2D eigenvalue weighted by atomic mass is 9.81. The maximum atomic E-state index is 9.18. The molecule has 0 spiro atoms. The van der Waals surface area contributed by atoms with E-state index in [1.807, 2.05) is 0 Å². The first-order valence-corrected chi connectivity index (χ1v) is 8.44. The third kappa shape index (κ3) is 4.71. The molecular formula is C17H32O3. The van der Waals surface area contributed by atoms with Crippen molar-refractivity contribution in [3.05, 3.63) is 0 Å². The highest BCUT2D eigenvalue weighted by molar-refractivity contribution is 4.92. The molecule has 0 aromatic carbocycles. The fourth-order valence-corrected chi connectivity index (χ4v) is 3.65. The Bertz CT molecular complexity index is 271. The number of fused-ring (bicyclic) bond motifs is 1. The predicted octanol–water partition coefficient (Wildman–Crippen LogP) is 3.39. The van der Waals surface area contributed by atoms with E-state index in [-0.39, 0.29) is 6.10 Å². The summed E-state index contributed by atoms with van der Waals surface area (Å²) in [5, 5.41) is 9.18. The Labute approximate surface area is 124 Å². The third-order valence-corrected chi connectivity index (χ3v) is 5.35. The topological polar surface area (TPSA) is 42.0 Å². The minimum Gasteiger partial charge on any atom is -0.393 e. The first kappa shape index (κ1) is 16.3. The van der Waals surface area contributed by atoms with E-state index in [0.29, 0.717) is 24.0 Å². The van der Waals surface area contributed by atoms with Crippen molar-refractivity contribution in [2.24, 2.45) is 17.8 Å². The number of epoxide rings is 1. The SMILES string of the molecule is CC1CCCCC1O.COCC(C)C1CCC2OC2C1. The molecular weight excluding hydrogens is 252 g/mol. The van der Waals surface area contributed by atoms with Crippen LogP contribution in [0.4, 0.5) is 0 Å². The Morgan fingerprint density at radius 1 is 1.15 bits per heavy atom. The van der Waals surface area contributed by atoms with Crippen LogP contribution in [-0.4, -0.2) is 37.1 Å². The molecule has 1 heterocycles. The number of rotatable bonds is 3. The number of hydrogen-bond donors (Lipinski definition) is 1. The molecule has 6 atom stereocenters. The molecule has 3 nitrogen and oxygen atoms in total. The van der Waals surface area contributed by atoms with E-state index in [1.54, 1.807) is 7.11 Å². The van der Waals surface area contributed by atoms with Crippen LogP contribution in [0.3, 0.4) is 0 Å². The Kier molecular flexibility index (Phi) is 6.31. The van der Waals surface area contributed by atoms with Gasteiger partial charge in [-0.2, -0.15) is 0 Å². The molecule has 3 rings (SSSR count). The van der Waals surface area contributed by atoms with Gasteiger partial charge in [-0.05, 0) is 49.9 Å². The standard InChI is InChI=1S/C10H18O2.C7H14O/c1-7(6-11-2)8-3-4-9-10(5-8)12-9;1-6-4-2-3-5-7(6)8/h7-10H,3-6H2,1-2H3;6-8H,2-5H2,1H3. The van der Waals surface area contributed by atoms with Crippen LogP contribution in [0.15, 0.2) is 0 Å². The van der Waals surface area contributed by atoms with Gasteiger partial charge in [0.05, 0.1) is 18.3 Å². The van der Waals surface area contributed by atoms with Crippen LogP contribution in [0.1, 0.15) is 58.8 Å². The molecule has 1 aliphatic heterocycles. The number of aliphatic hydroxyl groups excluding tert-OH is 1. The van der Waals surface area contributed by atoms with Gasteiger partial charge < -0.3 is 14.6 Å². The van der Waals surface area contributed by atoms with Crippen LogP contribution in [0, 0.1) is 17.8 Å². The molecule has 3 heteroatoms. The quantitative estimate of drug-likeness (QED) is 0.808. The molecule has 1 saturated heterocycles. The smallest absolute Gasteiger partial charge is 0.0844 e. The summed E-state index contributed by atoms with van der Waals surface area (Å²) in [4.78, 5) is 0. The Morgan fingerprint density at radius 2 is 1.90 bits per heavy atom. The summed E-state index contributed by atoms with van der Waals surface area (Å²) >= 11 is 0. The largest absolute Gasteiger partial charge is 0.393 e. The van der Waals surface area contributed by atoms with E-state index in [9.17, 15) is 5.11 Å². The molecule has 118 valence electrons. The van der Waals surface area contributed by atoms with Gasteiger partial charge in [0.1, 0.15) is 0 Å². The highest BCUT2D eigenvalue weighted by atomic mass is 16.6. The van der Waals surface area contributed by atoms with Crippen LogP contribution in [-0.2, 0) is 9.47 Å². The Morgan fingerprint density at radius 3 is 2.45 bits per heavy atom. The second-order valence-corrected chi connectivity index (χ2v) is 7.05. The summed E-state index contributed by atoms with van der Waals surface area (Å²) < 4.78 is 10.7. The van der Waals surface area contributed by atoms with Crippen LogP contribution in [0.2, 0.25) is 0 Å². The lowest BCUT2D eigenvalue weighted by molar-refractivity contribution is 0.0793. The van der Waals surface area contributed by atoms with E-state index in [2.05, 4.69) is 13.8 Å². The number of methoxy groups -OCH3 is 1. The van der Waals surface area contributed by atoms with Gasteiger partial charge >= 0.3 is 0 Å². The molecule has 0 bridgehead atoms. The second kappa shape index (κ2) is 7.77. The summed E-state index contributed by atoms with van der Waals surface area (Å²) in [6, 6.07) is 0. The van der Waals surface area contributed by atoms with Gasteiger partial charge in [-0.1, -0.05) is 26.7 Å². The van der Waals surface area contributed by atoms with Crippen molar-refractivity contribution in [2.45, 2.75) is 77.1 Å². The third-order valence-electron chi connectivity index (χ3n) is 5.35. The monoisotopic (exact) mass is 284 g/mol. The first-order valence-electron chi connectivity index (χ1n) is 8.44. The number of aliphatic hydroxyl groups is 1. The van der Waals surface area contributed by atoms with E-state index in [0.717, 1.165) is 18.9 Å². The lowest BCUT2D eigenvalue weighted by Crippen LogP contribution is -2.22. The fourth-order valence-electron chi connectivity index (χ4n) is 3.65. The highest BCUT2D eigenvalue weighted by Gasteiger charge is 2.44. The molecule has 0 aromatic heterocycles. The number of ether oxygens (including phenoxy) is 2. The molecule has 0 radical (unpaired) electrons. The lowest BCUT2D eigenvalue weighted by Gasteiger charge is -2.24. The molecule has 1 N–H and O–H groups in total. The van der Waals surface area contributed by atoms with Crippen LogP contribution in [0.5, 0.6) is 0 Å². The first-order chi connectivity index (χ1) is 9.61. The molecule has 0 aromatic rings. The van der Waals surface area contributed by atoms with Gasteiger partial charge in [0.25, 0.3) is 0 Å². The molecule has 20 heavy (non-hydrogen) atoms. The maximum absolute atomic E-state index is 9.18. The highest BCUT2D eigenvalue weighted by Crippen LogP contribution is 2.42. The average molecular weight is 284 g/mol. The van der Waals surface area contributed by atoms with Crippen LogP contribution < -0.4 is 0 Å². The summed E-state index contributed by atoms with van der Waals surface area (Å²) in [6.45, 7) is 5.32. The van der Waals surface area contributed by atoms with Crippen molar-refractivity contribution >= 4 is 0 Å². The molecule has 2 aliphatic carbocycles. The van der Waals surface area contributed by atoms with E-state index in [4.69, 9.17) is 9.47 Å². The predicted molar refractivity (Wildman–Crippen MR) is 80.7 cm³/mol. The van der Waals surface area contributed by atoms with Crippen molar-refractivity contribution in [1.29, 1.82) is 0 Å². The summed E-state index contributed by atoms with van der Waals surface area (Å²) in [5.41, 5.74) is 0. The van der Waals surface area contributed by atoms with Crippen LogP contribution >= 0.6 is 0 Å². The van der Waals surface area contributed by atoms with E-state index >= 15 is 0 Å². The minimum atomic E-state index is 0.00347. The zero-order chi connectivity index (χ0) is 14.5. The van der Waals surface area contributed by atoms with Crippen molar-refractivity contribution in [1.82, 2.24) is 0 Å². The molecule has 2 saturated carbocycles. The van der Waals surface area contributed by atoms with Gasteiger partial charge in [0, 0.05) is 13.7 Å². The fraction of sp³-hybridized carbons (Fsp3) is 1.00. The molecule has 6 unspecified atom stereocenters. The van der Waals surface area contributed by atoms with Gasteiger partial charge in [-0.25, -0.2) is 0 Å². The number of hydrogen-bond acceptors (Lipinski definition) is 3. The van der Waals surface area contributed by atoms with Gasteiger partial charge in [0.15, 0.2) is 0 Å². The Hall–Kier alpha value is -0.120. The zero-order valence-corrected chi connectivity index (χ0v) is 13.4. The normalized spacial score (nSPS) is 41.1. The summed E-state index contributed by atoms with van der Waals surface area (Å²) in [6.07, 6.45) is 9.94. The maximum Gasteiger partial charge on any atom is 0.0844 e.